The molecule has 0 saturated heterocycles. The van der Waals surface area contributed by atoms with Gasteiger partial charge in [-0.3, -0.25) is 4.79 Å². The summed E-state index contributed by atoms with van der Waals surface area (Å²) in [6, 6.07) is 20.1. The van der Waals surface area contributed by atoms with Crippen LogP contribution in [0, 0.1) is 13.8 Å². The molecular formula is C36H34N2O3. The van der Waals surface area contributed by atoms with E-state index >= 15 is 0 Å². The van der Waals surface area contributed by atoms with E-state index < -0.39 is 5.97 Å². The van der Waals surface area contributed by atoms with E-state index in [-0.39, 0.29) is 11.5 Å². The Bertz CT molecular complexity index is 1800. The topological polar surface area (TPSA) is 71.3 Å². The van der Waals surface area contributed by atoms with Crippen molar-refractivity contribution in [3.8, 4) is 0 Å². The maximum absolute atomic E-state index is 13.0. The summed E-state index contributed by atoms with van der Waals surface area (Å²) in [7, 11) is 0. The van der Waals surface area contributed by atoms with Crippen LogP contribution in [-0.4, -0.2) is 21.6 Å². The van der Waals surface area contributed by atoms with Crippen molar-refractivity contribution in [3.63, 3.8) is 0 Å². The summed E-state index contributed by atoms with van der Waals surface area (Å²) in [4.78, 5) is 24.5. The highest BCUT2D eigenvalue weighted by molar-refractivity contribution is 5.99. The number of nitrogens with zero attached hydrogens (tertiary/aromatic N) is 1. The minimum atomic E-state index is -1.09. The summed E-state index contributed by atoms with van der Waals surface area (Å²) in [5, 5.41) is 15.8. The third-order valence-electron chi connectivity index (χ3n) is 7.28. The SMILES string of the molecule is C=C/C=C(\C(=C)C(=C)/C=C\C(=C)Cn1c(C)c(C)c2cc(C(=O)NCc3ccc4ccccc4c3)ccc21)C(=O)O. The molecule has 0 radical (unpaired) electrons. The molecular weight excluding hydrogens is 508 g/mol. The molecule has 41 heavy (non-hydrogen) atoms. The number of aromatic nitrogens is 1. The van der Waals surface area contributed by atoms with Gasteiger partial charge in [-0.25, -0.2) is 4.79 Å². The first kappa shape index (κ1) is 28.8. The molecule has 0 aliphatic rings. The van der Waals surface area contributed by atoms with Gasteiger partial charge in [0.25, 0.3) is 5.91 Å². The zero-order valence-corrected chi connectivity index (χ0v) is 23.5. The molecule has 1 heterocycles. The quantitative estimate of drug-likeness (QED) is 0.150. The van der Waals surface area contributed by atoms with Crippen LogP contribution in [0.2, 0.25) is 0 Å². The van der Waals surface area contributed by atoms with Gasteiger partial charge in [-0.2, -0.15) is 0 Å². The van der Waals surface area contributed by atoms with Gasteiger partial charge in [0, 0.05) is 35.2 Å². The van der Waals surface area contributed by atoms with Gasteiger partial charge in [-0.15, -0.1) is 0 Å². The maximum atomic E-state index is 13.0. The lowest BCUT2D eigenvalue weighted by Crippen LogP contribution is -2.22. The van der Waals surface area contributed by atoms with Crippen molar-refractivity contribution >= 4 is 33.6 Å². The molecule has 4 rings (SSSR count). The number of carbonyl (C=O) groups is 2. The highest BCUT2D eigenvalue weighted by Gasteiger charge is 2.15. The fourth-order valence-corrected chi connectivity index (χ4v) is 4.79. The first-order valence-electron chi connectivity index (χ1n) is 13.3. The van der Waals surface area contributed by atoms with E-state index in [4.69, 9.17) is 0 Å². The monoisotopic (exact) mass is 542 g/mol. The summed E-state index contributed by atoms with van der Waals surface area (Å²) in [5.41, 5.74) is 6.47. The van der Waals surface area contributed by atoms with Crippen molar-refractivity contribution in [3.05, 3.63) is 156 Å². The Hall–Kier alpha value is -5.16. The van der Waals surface area contributed by atoms with E-state index in [1.807, 2.05) is 49.4 Å². The normalized spacial score (nSPS) is 11.6. The highest BCUT2D eigenvalue weighted by atomic mass is 16.4. The van der Waals surface area contributed by atoms with Gasteiger partial charge in [0.05, 0.1) is 5.57 Å². The van der Waals surface area contributed by atoms with E-state index in [0.29, 0.717) is 29.8 Å². The number of hydrogen-bond donors (Lipinski definition) is 2. The Kier molecular flexibility index (Phi) is 8.69. The Balaban J connectivity index is 1.47. The molecule has 4 aromatic rings. The second kappa shape index (κ2) is 12.3. The Morgan fingerprint density at radius 3 is 2.39 bits per heavy atom. The molecule has 0 unspecified atom stereocenters. The molecule has 0 aliphatic carbocycles. The van der Waals surface area contributed by atoms with Gasteiger partial charge in [0.2, 0.25) is 0 Å². The molecule has 0 fully saturated rings. The standard InChI is InChI=1S/C36H34N2O3/c1-7-10-32(36(40)41)25(4)24(3)14-13-23(2)22-38-27(6)26(5)33-20-31(17-18-34(33)38)35(39)37-21-28-15-16-29-11-8-9-12-30(29)19-28/h7-20H,1-4,21-22H2,5-6H3,(H,37,39)(H,40,41)/b14-13-,32-10+. The lowest BCUT2D eigenvalue weighted by Gasteiger charge is -2.10. The molecule has 5 heteroatoms. The Labute approximate surface area is 240 Å². The van der Waals surface area contributed by atoms with Gasteiger partial charge < -0.3 is 15.0 Å². The minimum Gasteiger partial charge on any atom is -0.478 e. The van der Waals surface area contributed by atoms with Crippen LogP contribution in [0.5, 0.6) is 0 Å². The van der Waals surface area contributed by atoms with Gasteiger partial charge in [0.15, 0.2) is 0 Å². The van der Waals surface area contributed by atoms with E-state index in [1.54, 1.807) is 6.08 Å². The molecule has 0 spiro atoms. The molecule has 0 atom stereocenters. The van der Waals surface area contributed by atoms with Gasteiger partial charge in [0.1, 0.15) is 0 Å². The van der Waals surface area contributed by atoms with Crippen LogP contribution in [0.4, 0.5) is 0 Å². The van der Waals surface area contributed by atoms with Gasteiger partial charge in [-0.05, 0) is 82.8 Å². The molecule has 1 aromatic heterocycles. The number of carboxylic acid groups (broad SMARTS) is 1. The summed E-state index contributed by atoms with van der Waals surface area (Å²) in [5.74, 6) is -1.21. The number of allylic oxidation sites excluding steroid dienone is 6. The largest absolute Gasteiger partial charge is 0.478 e. The minimum absolute atomic E-state index is 0.0419. The number of aliphatic carboxylic acids is 1. The number of hydrogen-bond acceptors (Lipinski definition) is 2. The fraction of sp³-hybridized carbons (Fsp3) is 0.111. The molecule has 3 aromatic carbocycles. The van der Waals surface area contributed by atoms with Crippen molar-refractivity contribution in [2.45, 2.75) is 26.9 Å². The predicted octanol–water partition coefficient (Wildman–Crippen LogP) is 7.76. The molecule has 0 saturated carbocycles. The number of aryl methyl sites for hydroxylation is 1. The number of nitrogens with one attached hydrogen (secondary N) is 1. The average molecular weight is 543 g/mol. The van der Waals surface area contributed by atoms with E-state index in [9.17, 15) is 14.7 Å². The summed E-state index contributed by atoms with van der Waals surface area (Å²) in [6.45, 7) is 20.6. The molecule has 0 aliphatic heterocycles. The van der Waals surface area contributed by atoms with Crippen LogP contribution in [0.15, 0.2) is 134 Å². The zero-order valence-electron chi connectivity index (χ0n) is 23.5. The molecule has 5 nitrogen and oxygen atoms in total. The number of rotatable bonds is 11. The fourth-order valence-electron chi connectivity index (χ4n) is 4.79. The number of fused-ring (bicyclic) bond motifs is 2. The summed E-state index contributed by atoms with van der Waals surface area (Å²) in [6.07, 6.45) is 6.34. The van der Waals surface area contributed by atoms with Gasteiger partial charge >= 0.3 is 5.97 Å². The Morgan fingerprint density at radius 2 is 1.68 bits per heavy atom. The van der Waals surface area contributed by atoms with Crippen molar-refractivity contribution in [2.24, 2.45) is 0 Å². The smallest absolute Gasteiger partial charge is 0.336 e. The van der Waals surface area contributed by atoms with Crippen LogP contribution >= 0.6 is 0 Å². The van der Waals surface area contributed by atoms with Crippen LogP contribution in [0.3, 0.4) is 0 Å². The predicted molar refractivity (Wildman–Crippen MR) is 169 cm³/mol. The lowest BCUT2D eigenvalue weighted by atomic mass is 9.99. The van der Waals surface area contributed by atoms with Crippen molar-refractivity contribution in [2.75, 3.05) is 0 Å². The van der Waals surface area contributed by atoms with Crippen LogP contribution in [0.1, 0.15) is 27.2 Å². The number of carboxylic acids is 1. The second-order valence-electron chi connectivity index (χ2n) is 10.0. The number of benzene rings is 3. The van der Waals surface area contributed by atoms with E-state index in [1.165, 1.54) is 17.5 Å². The first-order valence-corrected chi connectivity index (χ1v) is 13.3. The molecule has 1 amide bonds. The van der Waals surface area contributed by atoms with Gasteiger partial charge in [-0.1, -0.05) is 80.9 Å². The second-order valence-corrected chi connectivity index (χ2v) is 10.0. The molecule has 2 N–H and O–H groups in total. The average Bonchev–Trinajstić information content (AvgIpc) is 3.20. The molecule has 0 bridgehead atoms. The van der Waals surface area contributed by atoms with Crippen LogP contribution in [0.25, 0.3) is 21.7 Å². The van der Waals surface area contributed by atoms with Crippen molar-refractivity contribution < 1.29 is 14.7 Å². The third-order valence-corrected chi connectivity index (χ3v) is 7.28. The van der Waals surface area contributed by atoms with Crippen molar-refractivity contribution in [1.82, 2.24) is 9.88 Å². The molecule has 206 valence electrons. The Morgan fingerprint density at radius 1 is 0.951 bits per heavy atom. The number of carbonyl (C=O) groups excluding carboxylic acids is 1. The zero-order chi connectivity index (χ0) is 29.7. The highest BCUT2D eigenvalue weighted by Crippen LogP contribution is 2.28. The van der Waals surface area contributed by atoms with Crippen molar-refractivity contribution in [1.29, 1.82) is 0 Å². The number of amides is 1. The van der Waals surface area contributed by atoms with E-state index in [0.717, 1.165) is 38.7 Å². The summed E-state index contributed by atoms with van der Waals surface area (Å²) >= 11 is 0. The van der Waals surface area contributed by atoms with Crippen LogP contribution < -0.4 is 5.32 Å². The van der Waals surface area contributed by atoms with E-state index in [2.05, 4.69) is 67.4 Å². The van der Waals surface area contributed by atoms with Crippen LogP contribution in [-0.2, 0) is 17.9 Å². The lowest BCUT2D eigenvalue weighted by molar-refractivity contribution is -0.132. The maximum Gasteiger partial charge on any atom is 0.336 e. The third kappa shape index (κ3) is 6.36. The summed E-state index contributed by atoms with van der Waals surface area (Å²) < 4.78 is 2.16. The first-order chi connectivity index (χ1) is 19.6.